The number of nitrogens with two attached hydrogens (primary N) is 1. The Hall–Kier alpha value is -1.61. The van der Waals surface area contributed by atoms with Gasteiger partial charge in [-0.3, -0.25) is 0 Å². The van der Waals surface area contributed by atoms with E-state index in [0.29, 0.717) is 0 Å². The van der Waals surface area contributed by atoms with E-state index in [-0.39, 0.29) is 6.04 Å². The van der Waals surface area contributed by atoms with Gasteiger partial charge in [0.05, 0.1) is 5.69 Å². The Labute approximate surface area is 95.9 Å². The summed E-state index contributed by atoms with van der Waals surface area (Å²) in [6.07, 6.45) is 5.75. The van der Waals surface area contributed by atoms with Crippen LogP contribution in [0.15, 0.2) is 42.7 Å². The number of hydrogen-bond acceptors (Lipinski definition) is 2. The van der Waals surface area contributed by atoms with Crippen molar-refractivity contribution in [2.45, 2.75) is 25.8 Å². The first-order valence-electron chi connectivity index (χ1n) is 5.61. The van der Waals surface area contributed by atoms with Crippen LogP contribution in [0.25, 0.3) is 5.69 Å². The van der Waals surface area contributed by atoms with Crippen molar-refractivity contribution in [2.75, 3.05) is 0 Å². The zero-order valence-corrected chi connectivity index (χ0v) is 9.50. The number of benzene rings is 1. The van der Waals surface area contributed by atoms with Crippen LogP contribution in [-0.2, 0) is 6.42 Å². The lowest BCUT2D eigenvalue weighted by Crippen LogP contribution is -2.15. The van der Waals surface area contributed by atoms with Gasteiger partial charge < -0.3 is 5.73 Å². The topological polar surface area (TPSA) is 43.8 Å². The van der Waals surface area contributed by atoms with Crippen LogP contribution >= 0.6 is 0 Å². The molecule has 1 heterocycles. The van der Waals surface area contributed by atoms with Crippen LogP contribution in [0.1, 0.15) is 18.9 Å². The molecule has 0 unspecified atom stereocenters. The fourth-order valence-corrected chi connectivity index (χ4v) is 1.74. The fourth-order valence-electron chi connectivity index (χ4n) is 1.74. The number of para-hydroxylation sites is 1. The van der Waals surface area contributed by atoms with E-state index in [0.717, 1.165) is 18.5 Å². The maximum Gasteiger partial charge on any atom is 0.0677 e. The molecule has 16 heavy (non-hydrogen) atoms. The third-order valence-electron chi connectivity index (χ3n) is 2.61. The van der Waals surface area contributed by atoms with Crippen LogP contribution < -0.4 is 5.73 Å². The molecule has 1 atom stereocenters. The number of aryl methyl sites for hydroxylation is 1. The van der Waals surface area contributed by atoms with Crippen LogP contribution in [0.2, 0.25) is 0 Å². The molecule has 84 valence electrons. The molecule has 0 saturated carbocycles. The van der Waals surface area contributed by atoms with E-state index in [1.54, 1.807) is 6.20 Å². The highest BCUT2D eigenvalue weighted by Gasteiger charge is 2.04. The molecule has 0 aliphatic carbocycles. The summed E-state index contributed by atoms with van der Waals surface area (Å²) < 4.78 is 1.90. The standard InChI is InChI=1S/C13H17N3/c1-11(14)7-8-12-5-2-3-6-13(12)16-10-4-9-15-16/h2-6,9-11H,7-8,14H2,1H3/t11-/m0/s1. The normalized spacial score (nSPS) is 12.6. The first-order valence-corrected chi connectivity index (χ1v) is 5.61. The third-order valence-corrected chi connectivity index (χ3v) is 2.61. The molecule has 1 aromatic heterocycles. The van der Waals surface area contributed by atoms with Gasteiger partial charge in [-0.15, -0.1) is 0 Å². The predicted octanol–water partition coefficient (Wildman–Crippen LogP) is 2.15. The molecular weight excluding hydrogens is 198 g/mol. The predicted molar refractivity (Wildman–Crippen MR) is 65.5 cm³/mol. The van der Waals surface area contributed by atoms with E-state index in [1.165, 1.54) is 5.56 Å². The molecule has 0 amide bonds. The average Bonchev–Trinajstić information content (AvgIpc) is 2.80. The van der Waals surface area contributed by atoms with Crippen molar-refractivity contribution < 1.29 is 0 Å². The number of rotatable bonds is 4. The number of nitrogens with zero attached hydrogens (tertiary/aromatic N) is 2. The minimum absolute atomic E-state index is 0.241. The lowest BCUT2D eigenvalue weighted by atomic mass is 10.0. The summed E-state index contributed by atoms with van der Waals surface area (Å²) in [5.41, 5.74) is 8.23. The zero-order chi connectivity index (χ0) is 11.4. The van der Waals surface area contributed by atoms with Crippen molar-refractivity contribution >= 4 is 0 Å². The van der Waals surface area contributed by atoms with Gasteiger partial charge in [0.2, 0.25) is 0 Å². The lowest BCUT2D eigenvalue weighted by molar-refractivity contribution is 0.662. The van der Waals surface area contributed by atoms with Crippen molar-refractivity contribution in [1.29, 1.82) is 0 Å². The van der Waals surface area contributed by atoms with Crippen molar-refractivity contribution in [1.82, 2.24) is 9.78 Å². The smallest absolute Gasteiger partial charge is 0.0677 e. The first-order chi connectivity index (χ1) is 7.77. The molecule has 3 nitrogen and oxygen atoms in total. The molecule has 0 aliphatic rings. The zero-order valence-electron chi connectivity index (χ0n) is 9.50. The molecule has 2 rings (SSSR count). The van der Waals surface area contributed by atoms with Gasteiger partial charge in [0.25, 0.3) is 0 Å². The number of aromatic nitrogens is 2. The molecule has 2 N–H and O–H groups in total. The Kier molecular flexibility index (Phi) is 3.37. The molecular formula is C13H17N3. The summed E-state index contributed by atoms with van der Waals surface area (Å²) >= 11 is 0. The Morgan fingerprint density at radius 2 is 2.12 bits per heavy atom. The second kappa shape index (κ2) is 4.94. The van der Waals surface area contributed by atoms with E-state index < -0.39 is 0 Å². The van der Waals surface area contributed by atoms with Gasteiger partial charge in [0.1, 0.15) is 0 Å². The van der Waals surface area contributed by atoms with Gasteiger partial charge in [0, 0.05) is 18.4 Å². The summed E-state index contributed by atoms with van der Waals surface area (Å²) in [7, 11) is 0. The highest BCUT2D eigenvalue weighted by atomic mass is 15.3. The van der Waals surface area contributed by atoms with Gasteiger partial charge in [-0.1, -0.05) is 18.2 Å². The SMILES string of the molecule is C[C@H](N)CCc1ccccc1-n1cccn1. The van der Waals surface area contributed by atoms with Crippen LogP contribution in [-0.4, -0.2) is 15.8 Å². The average molecular weight is 215 g/mol. The molecule has 0 aliphatic heterocycles. The lowest BCUT2D eigenvalue weighted by Gasteiger charge is -2.10. The summed E-state index contributed by atoms with van der Waals surface area (Å²) in [5.74, 6) is 0. The van der Waals surface area contributed by atoms with Gasteiger partial charge in [-0.25, -0.2) is 4.68 Å². The summed E-state index contributed by atoms with van der Waals surface area (Å²) in [6, 6.07) is 10.5. The maximum absolute atomic E-state index is 5.79. The van der Waals surface area contributed by atoms with Crippen LogP contribution in [0, 0.1) is 0 Å². The Bertz CT molecular complexity index is 432. The van der Waals surface area contributed by atoms with Crippen molar-refractivity contribution in [3.05, 3.63) is 48.3 Å². The van der Waals surface area contributed by atoms with E-state index in [4.69, 9.17) is 5.73 Å². The fraction of sp³-hybridized carbons (Fsp3) is 0.308. The maximum atomic E-state index is 5.79. The van der Waals surface area contributed by atoms with E-state index in [1.807, 2.05) is 29.9 Å². The summed E-state index contributed by atoms with van der Waals surface area (Å²) in [6.45, 7) is 2.04. The molecule has 0 spiro atoms. The quantitative estimate of drug-likeness (QED) is 0.849. The van der Waals surface area contributed by atoms with Crippen LogP contribution in [0.4, 0.5) is 0 Å². The molecule has 0 radical (unpaired) electrons. The molecule has 2 aromatic rings. The van der Waals surface area contributed by atoms with Gasteiger partial charge in [-0.2, -0.15) is 5.10 Å². The summed E-state index contributed by atoms with van der Waals surface area (Å²) in [4.78, 5) is 0. The molecule has 3 heteroatoms. The van der Waals surface area contributed by atoms with E-state index in [9.17, 15) is 0 Å². The monoisotopic (exact) mass is 215 g/mol. The van der Waals surface area contributed by atoms with Crippen molar-refractivity contribution in [3.63, 3.8) is 0 Å². The van der Waals surface area contributed by atoms with Crippen LogP contribution in [0.5, 0.6) is 0 Å². The van der Waals surface area contributed by atoms with Gasteiger partial charge >= 0.3 is 0 Å². The van der Waals surface area contributed by atoms with Crippen molar-refractivity contribution in [3.8, 4) is 5.69 Å². The molecule has 0 saturated heterocycles. The highest BCUT2D eigenvalue weighted by Crippen LogP contribution is 2.15. The third kappa shape index (κ3) is 2.49. The largest absolute Gasteiger partial charge is 0.328 e. The van der Waals surface area contributed by atoms with E-state index in [2.05, 4.69) is 23.3 Å². The molecule has 0 fully saturated rings. The molecule has 1 aromatic carbocycles. The van der Waals surface area contributed by atoms with Gasteiger partial charge in [0.15, 0.2) is 0 Å². The summed E-state index contributed by atoms with van der Waals surface area (Å²) in [5, 5.41) is 4.26. The van der Waals surface area contributed by atoms with E-state index >= 15 is 0 Å². The Morgan fingerprint density at radius 3 is 2.81 bits per heavy atom. The highest BCUT2D eigenvalue weighted by molar-refractivity contribution is 5.40. The van der Waals surface area contributed by atoms with Crippen molar-refractivity contribution in [2.24, 2.45) is 5.73 Å². The second-order valence-corrected chi connectivity index (χ2v) is 4.10. The van der Waals surface area contributed by atoms with Crippen LogP contribution in [0.3, 0.4) is 0 Å². The van der Waals surface area contributed by atoms with Gasteiger partial charge in [-0.05, 0) is 37.5 Å². The number of hydrogen-bond donors (Lipinski definition) is 1. The minimum Gasteiger partial charge on any atom is -0.328 e. The minimum atomic E-state index is 0.241. The first kappa shape index (κ1) is 10.9. The second-order valence-electron chi connectivity index (χ2n) is 4.10. The Morgan fingerprint density at radius 1 is 1.31 bits per heavy atom. The molecule has 0 bridgehead atoms. The Balaban J connectivity index is 2.24.